The Kier molecular flexibility index (Phi) is 6.59. The SMILES string of the molecule is CCCCCCCC1C(C(=O)O)=C(C)N=C(C)C1C(=O)O. The summed E-state index contributed by atoms with van der Waals surface area (Å²) in [5, 5.41) is 18.8. The number of carboxylic acids is 2. The van der Waals surface area contributed by atoms with Crippen molar-refractivity contribution in [1.29, 1.82) is 0 Å². The summed E-state index contributed by atoms with van der Waals surface area (Å²) in [5.74, 6) is -3.32. The van der Waals surface area contributed by atoms with E-state index in [-0.39, 0.29) is 5.57 Å². The Hall–Kier alpha value is -1.65. The molecule has 118 valence electrons. The topological polar surface area (TPSA) is 87.0 Å². The predicted molar refractivity (Wildman–Crippen MR) is 81.4 cm³/mol. The molecule has 0 aromatic rings. The summed E-state index contributed by atoms with van der Waals surface area (Å²) in [6, 6.07) is 0. The van der Waals surface area contributed by atoms with Gasteiger partial charge in [-0.25, -0.2) is 4.79 Å². The van der Waals surface area contributed by atoms with E-state index < -0.39 is 23.8 Å². The van der Waals surface area contributed by atoms with E-state index in [4.69, 9.17) is 0 Å². The fourth-order valence-corrected chi connectivity index (χ4v) is 3.06. The highest BCUT2D eigenvalue weighted by molar-refractivity contribution is 6.04. The first-order chi connectivity index (χ1) is 9.90. The van der Waals surface area contributed by atoms with E-state index >= 15 is 0 Å². The van der Waals surface area contributed by atoms with Gasteiger partial charge in [0.05, 0.1) is 5.57 Å². The number of aliphatic imine (C=N–C) groups is 1. The second kappa shape index (κ2) is 7.96. The Morgan fingerprint density at radius 2 is 1.71 bits per heavy atom. The molecule has 2 atom stereocenters. The van der Waals surface area contributed by atoms with Gasteiger partial charge in [-0.05, 0) is 20.3 Å². The van der Waals surface area contributed by atoms with E-state index in [1.54, 1.807) is 13.8 Å². The highest BCUT2D eigenvalue weighted by atomic mass is 16.4. The predicted octanol–water partition coefficient (Wildman–Crippen LogP) is 3.50. The molecule has 0 saturated heterocycles. The maximum absolute atomic E-state index is 11.5. The second-order valence-electron chi connectivity index (χ2n) is 5.68. The normalized spacial score (nSPS) is 22.1. The van der Waals surface area contributed by atoms with Crippen LogP contribution in [0.4, 0.5) is 0 Å². The van der Waals surface area contributed by atoms with Crippen LogP contribution in [-0.2, 0) is 9.59 Å². The minimum atomic E-state index is -1.05. The standard InChI is InChI=1S/C16H25NO4/c1-4-5-6-7-8-9-12-13(15(18)19)10(2)17-11(3)14(12)16(20)21/h12-13H,4-9H2,1-3H3,(H,18,19)(H,20,21). The van der Waals surface area contributed by atoms with Crippen LogP contribution in [0.15, 0.2) is 16.3 Å². The van der Waals surface area contributed by atoms with Gasteiger partial charge < -0.3 is 10.2 Å². The summed E-state index contributed by atoms with van der Waals surface area (Å²) in [6.45, 7) is 5.45. The molecule has 2 unspecified atom stereocenters. The number of hydrogen-bond acceptors (Lipinski definition) is 3. The van der Waals surface area contributed by atoms with Gasteiger partial charge in [0.25, 0.3) is 0 Å². The van der Waals surface area contributed by atoms with Crippen LogP contribution in [-0.4, -0.2) is 27.9 Å². The van der Waals surface area contributed by atoms with Crippen LogP contribution in [0.5, 0.6) is 0 Å². The molecule has 0 fully saturated rings. The minimum Gasteiger partial charge on any atom is -0.481 e. The molecular weight excluding hydrogens is 270 g/mol. The van der Waals surface area contributed by atoms with Crippen LogP contribution in [0.2, 0.25) is 0 Å². The Morgan fingerprint density at radius 3 is 2.24 bits per heavy atom. The number of nitrogens with zero attached hydrogens (tertiary/aromatic N) is 1. The molecule has 0 spiro atoms. The number of allylic oxidation sites excluding steroid dienone is 1. The molecule has 2 N–H and O–H groups in total. The van der Waals surface area contributed by atoms with E-state index in [2.05, 4.69) is 11.9 Å². The van der Waals surface area contributed by atoms with Gasteiger partial charge in [0.15, 0.2) is 0 Å². The Balaban J connectivity index is 2.89. The lowest BCUT2D eigenvalue weighted by Crippen LogP contribution is -2.36. The van der Waals surface area contributed by atoms with E-state index in [9.17, 15) is 19.8 Å². The van der Waals surface area contributed by atoms with Crippen LogP contribution in [0.3, 0.4) is 0 Å². The molecule has 0 amide bonds. The quantitative estimate of drug-likeness (QED) is 0.671. The van der Waals surface area contributed by atoms with Crippen LogP contribution >= 0.6 is 0 Å². The number of carboxylic acid groups (broad SMARTS) is 2. The number of rotatable bonds is 8. The van der Waals surface area contributed by atoms with Gasteiger partial charge in [-0.15, -0.1) is 0 Å². The summed E-state index contributed by atoms with van der Waals surface area (Å²) in [5.41, 5.74) is 1.11. The first-order valence-electron chi connectivity index (χ1n) is 7.62. The smallest absolute Gasteiger partial charge is 0.333 e. The largest absolute Gasteiger partial charge is 0.481 e. The maximum Gasteiger partial charge on any atom is 0.333 e. The monoisotopic (exact) mass is 295 g/mol. The van der Waals surface area contributed by atoms with Gasteiger partial charge in [-0.1, -0.05) is 39.0 Å². The van der Waals surface area contributed by atoms with Gasteiger partial charge in [-0.2, -0.15) is 0 Å². The summed E-state index contributed by atoms with van der Waals surface area (Å²) >= 11 is 0. The number of hydrogen-bond donors (Lipinski definition) is 2. The number of carbonyl (C=O) groups is 2. The Bertz CT molecular complexity index is 465. The highest BCUT2D eigenvalue weighted by Crippen LogP contribution is 2.35. The summed E-state index contributed by atoms with van der Waals surface area (Å²) in [7, 11) is 0. The molecule has 1 rings (SSSR count). The molecule has 5 heteroatoms. The van der Waals surface area contributed by atoms with E-state index in [0.29, 0.717) is 17.8 Å². The third-order valence-electron chi connectivity index (χ3n) is 4.07. The third kappa shape index (κ3) is 4.41. The highest BCUT2D eigenvalue weighted by Gasteiger charge is 2.39. The average molecular weight is 295 g/mol. The van der Waals surface area contributed by atoms with Gasteiger partial charge >= 0.3 is 11.9 Å². The Morgan fingerprint density at radius 1 is 1.10 bits per heavy atom. The zero-order valence-electron chi connectivity index (χ0n) is 13.1. The van der Waals surface area contributed by atoms with Gasteiger partial charge in [0.2, 0.25) is 0 Å². The lowest BCUT2D eigenvalue weighted by molar-refractivity contribution is -0.141. The molecule has 1 aliphatic heterocycles. The second-order valence-corrected chi connectivity index (χ2v) is 5.68. The van der Waals surface area contributed by atoms with Crippen LogP contribution < -0.4 is 0 Å². The fourth-order valence-electron chi connectivity index (χ4n) is 3.06. The van der Waals surface area contributed by atoms with E-state index in [0.717, 1.165) is 32.1 Å². The van der Waals surface area contributed by atoms with Crippen molar-refractivity contribution < 1.29 is 19.8 Å². The molecule has 0 aromatic heterocycles. The van der Waals surface area contributed by atoms with Crippen molar-refractivity contribution in [3.63, 3.8) is 0 Å². The van der Waals surface area contributed by atoms with Crippen molar-refractivity contribution in [3.05, 3.63) is 11.3 Å². The maximum atomic E-state index is 11.5. The van der Waals surface area contributed by atoms with E-state index in [1.165, 1.54) is 0 Å². The number of unbranched alkanes of at least 4 members (excludes halogenated alkanes) is 4. The summed E-state index contributed by atoms with van der Waals surface area (Å²) in [6.07, 6.45) is 5.87. The van der Waals surface area contributed by atoms with Gasteiger partial charge in [-0.3, -0.25) is 9.79 Å². The molecule has 0 aliphatic carbocycles. The fraction of sp³-hybridized carbons (Fsp3) is 0.688. The lowest BCUT2D eigenvalue weighted by atomic mass is 9.77. The average Bonchev–Trinajstić information content (AvgIpc) is 2.36. The summed E-state index contributed by atoms with van der Waals surface area (Å²) in [4.78, 5) is 27.1. The summed E-state index contributed by atoms with van der Waals surface area (Å²) < 4.78 is 0. The van der Waals surface area contributed by atoms with E-state index in [1.807, 2.05) is 0 Å². The molecule has 21 heavy (non-hydrogen) atoms. The van der Waals surface area contributed by atoms with Crippen molar-refractivity contribution >= 4 is 17.7 Å². The van der Waals surface area contributed by atoms with Gasteiger partial charge in [0, 0.05) is 17.3 Å². The molecule has 0 bridgehead atoms. The molecule has 1 aliphatic rings. The first kappa shape index (κ1) is 17.4. The van der Waals surface area contributed by atoms with Gasteiger partial charge in [0.1, 0.15) is 5.92 Å². The van der Waals surface area contributed by atoms with Crippen molar-refractivity contribution in [3.8, 4) is 0 Å². The molecule has 1 heterocycles. The molecule has 5 nitrogen and oxygen atoms in total. The lowest BCUT2D eigenvalue weighted by Gasteiger charge is -2.29. The van der Waals surface area contributed by atoms with Crippen molar-refractivity contribution in [2.75, 3.05) is 0 Å². The van der Waals surface area contributed by atoms with Crippen LogP contribution in [0.25, 0.3) is 0 Å². The van der Waals surface area contributed by atoms with Crippen LogP contribution in [0, 0.1) is 11.8 Å². The molecule has 0 aromatic carbocycles. The van der Waals surface area contributed by atoms with Crippen molar-refractivity contribution in [1.82, 2.24) is 0 Å². The Labute approximate surface area is 125 Å². The van der Waals surface area contributed by atoms with Crippen molar-refractivity contribution in [2.45, 2.75) is 59.3 Å². The molecular formula is C16H25NO4. The third-order valence-corrected chi connectivity index (χ3v) is 4.07. The number of aliphatic carboxylic acids is 2. The zero-order valence-corrected chi connectivity index (χ0v) is 13.1. The molecule has 0 saturated carbocycles. The van der Waals surface area contributed by atoms with Crippen molar-refractivity contribution in [2.24, 2.45) is 16.8 Å². The molecule has 0 radical (unpaired) electrons. The van der Waals surface area contributed by atoms with Crippen LogP contribution in [0.1, 0.15) is 59.3 Å². The first-order valence-corrected chi connectivity index (χ1v) is 7.62. The minimum absolute atomic E-state index is 0.170. The zero-order chi connectivity index (χ0) is 16.0.